The van der Waals surface area contributed by atoms with E-state index in [-0.39, 0.29) is 11.7 Å². The topological polar surface area (TPSA) is 29.5 Å². The lowest BCUT2D eigenvalue weighted by Crippen LogP contribution is -2.39. The zero-order chi connectivity index (χ0) is 13.2. The highest BCUT2D eigenvalue weighted by Crippen LogP contribution is 2.32. The Hall–Kier alpha value is -1.68. The Kier molecular flexibility index (Phi) is 3.34. The molecule has 19 heavy (non-hydrogen) atoms. The Balaban J connectivity index is 1.82. The highest BCUT2D eigenvalue weighted by molar-refractivity contribution is 5.96. The number of halogens is 1. The molecule has 0 bridgehead atoms. The van der Waals surface area contributed by atoms with Gasteiger partial charge >= 0.3 is 0 Å². The van der Waals surface area contributed by atoms with Crippen molar-refractivity contribution in [1.29, 1.82) is 0 Å². The number of morpholine rings is 1. The number of hydrogen-bond acceptors (Lipinski definition) is 2. The maximum Gasteiger partial charge on any atom is 0.247 e. The molecule has 2 aliphatic rings. The first kappa shape index (κ1) is 12.4. The maximum absolute atomic E-state index is 13.3. The van der Waals surface area contributed by atoms with Crippen LogP contribution in [0.2, 0.25) is 0 Å². The number of carbonyl (C=O) groups excluding carboxylic acids is 1. The summed E-state index contributed by atoms with van der Waals surface area (Å²) >= 11 is 0. The van der Waals surface area contributed by atoms with Crippen molar-refractivity contribution in [3.05, 3.63) is 41.2 Å². The van der Waals surface area contributed by atoms with Crippen LogP contribution < -0.4 is 0 Å². The van der Waals surface area contributed by atoms with Gasteiger partial charge in [-0.1, -0.05) is 6.07 Å². The van der Waals surface area contributed by atoms with Crippen molar-refractivity contribution in [2.24, 2.45) is 0 Å². The number of aryl methyl sites for hydroxylation is 1. The predicted octanol–water partition coefficient (Wildman–Crippen LogP) is 2.01. The molecule has 0 aromatic heterocycles. The smallest absolute Gasteiger partial charge is 0.247 e. The van der Waals surface area contributed by atoms with E-state index in [1.54, 1.807) is 11.0 Å². The van der Waals surface area contributed by atoms with Crippen LogP contribution in [0.3, 0.4) is 0 Å². The molecule has 1 heterocycles. The summed E-state index contributed by atoms with van der Waals surface area (Å²) in [5, 5.41) is 0. The second-order valence-corrected chi connectivity index (χ2v) is 4.91. The highest BCUT2D eigenvalue weighted by Gasteiger charge is 2.20. The fourth-order valence-electron chi connectivity index (χ4n) is 2.64. The van der Waals surface area contributed by atoms with Gasteiger partial charge in [0, 0.05) is 19.2 Å². The average molecular weight is 261 g/mol. The maximum atomic E-state index is 13.3. The van der Waals surface area contributed by atoms with Gasteiger partial charge in [-0.25, -0.2) is 4.39 Å². The van der Waals surface area contributed by atoms with Crippen LogP contribution in [0.15, 0.2) is 24.3 Å². The highest BCUT2D eigenvalue weighted by atomic mass is 19.1. The SMILES string of the molecule is O=C(/C=C1\CCc2ccc(F)cc21)N1CCOCC1. The first-order valence-corrected chi connectivity index (χ1v) is 6.60. The molecule has 1 aromatic rings. The molecule has 0 atom stereocenters. The number of carbonyl (C=O) groups is 1. The third kappa shape index (κ3) is 2.54. The van der Waals surface area contributed by atoms with Crippen molar-refractivity contribution < 1.29 is 13.9 Å². The Morgan fingerprint density at radius 3 is 2.84 bits per heavy atom. The van der Waals surface area contributed by atoms with Gasteiger partial charge in [-0.05, 0) is 41.7 Å². The average Bonchev–Trinajstić information content (AvgIpc) is 2.82. The van der Waals surface area contributed by atoms with Crippen molar-refractivity contribution in [1.82, 2.24) is 4.90 Å². The van der Waals surface area contributed by atoms with E-state index in [2.05, 4.69) is 0 Å². The van der Waals surface area contributed by atoms with Crippen LogP contribution >= 0.6 is 0 Å². The van der Waals surface area contributed by atoms with Crippen molar-refractivity contribution >= 4 is 11.5 Å². The lowest BCUT2D eigenvalue weighted by Gasteiger charge is -2.25. The van der Waals surface area contributed by atoms with Gasteiger partial charge in [0.15, 0.2) is 0 Å². The molecular weight excluding hydrogens is 245 g/mol. The van der Waals surface area contributed by atoms with Gasteiger partial charge in [0.1, 0.15) is 5.82 Å². The molecule has 0 saturated carbocycles. The minimum Gasteiger partial charge on any atom is -0.378 e. The molecule has 1 aliphatic carbocycles. The van der Waals surface area contributed by atoms with Crippen molar-refractivity contribution in [3.63, 3.8) is 0 Å². The summed E-state index contributed by atoms with van der Waals surface area (Å²) in [5.74, 6) is -0.235. The quantitative estimate of drug-likeness (QED) is 0.724. The monoisotopic (exact) mass is 261 g/mol. The van der Waals surface area contributed by atoms with Gasteiger partial charge in [-0.15, -0.1) is 0 Å². The lowest BCUT2D eigenvalue weighted by molar-refractivity contribution is -0.129. The van der Waals surface area contributed by atoms with E-state index in [4.69, 9.17) is 4.74 Å². The van der Waals surface area contributed by atoms with E-state index < -0.39 is 0 Å². The minimum atomic E-state index is -0.245. The summed E-state index contributed by atoms with van der Waals surface area (Å²) in [5.41, 5.74) is 2.97. The summed E-state index contributed by atoms with van der Waals surface area (Å²) < 4.78 is 18.5. The number of fused-ring (bicyclic) bond motifs is 1. The van der Waals surface area contributed by atoms with Crippen LogP contribution in [-0.2, 0) is 16.0 Å². The van der Waals surface area contributed by atoms with Crippen LogP contribution in [0.5, 0.6) is 0 Å². The number of allylic oxidation sites excluding steroid dienone is 1. The zero-order valence-corrected chi connectivity index (χ0v) is 10.7. The van der Waals surface area contributed by atoms with E-state index in [0.717, 1.165) is 29.5 Å². The van der Waals surface area contributed by atoms with Crippen LogP contribution in [0, 0.1) is 5.82 Å². The van der Waals surface area contributed by atoms with Crippen molar-refractivity contribution in [2.45, 2.75) is 12.8 Å². The molecule has 100 valence electrons. The molecule has 0 radical (unpaired) electrons. The summed E-state index contributed by atoms with van der Waals surface area (Å²) in [6.07, 6.45) is 3.36. The third-order valence-corrected chi connectivity index (χ3v) is 3.70. The summed E-state index contributed by atoms with van der Waals surface area (Å²) in [4.78, 5) is 13.9. The first-order chi connectivity index (χ1) is 9.24. The molecular formula is C15H16FNO2. The molecule has 1 amide bonds. The van der Waals surface area contributed by atoms with Crippen LogP contribution in [0.4, 0.5) is 4.39 Å². The largest absolute Gasteiger partial charge is 0.378 e. The number of benzene rings is 1. The van der Waals surface area contributed by atoms with Gasteiger partial charge in [0.05, 0.1) is 13.2 Å². The van der Waals surface area contributed by atoms with E-state index in [9.17, 15) is 9.18 Å². The molecule has 1 aliphatic heterocycles. The standard InChI is InChI=1S/C15H16FNO2/c16-13-4-3-11-1-2-12(14(11)10-13)9-15(18)17-5-7-19-8-6-17/h3-4,9-10H,1-2,5-8H2/b12-9+. The summed E-state index contributed by atoms with van der Waals surface area (Å²) in [6.45, 7) is 2.47. The zero-order valence-electron chi connectivity index (χ0n) is 10.7. The summed E-state index contributed by atoms with van der Waals surface area (Å²) in [7, 11) is 0. The normalized spacial score (nSPS) is 20.7. The second kappa shape index (κ2) is 5.13. The van der Waals surface area contributed by atoms with Gasteiger partial charge in [-0.3, -0.25) is 4.79 Å². The van der Waals surface area contributed by atoms with E-state index in [1.807, 2.05) is 6.07 Å². The fourth-order valence-corrected chi connectivity index (χ4v) is 2.64. The van der Waals surface area contributed by atoms with Crippen LogP contribution in [0.25, 0.3) is 5.57 Å². The van der Waals surface area contributed by atoms with E-state index >= 15 is 0 Å². The number of ether oxygens (including phenoxy) is 1. The van der Waals surface area contributed by atoms with E-state index in [0.29, 0.717) is 26.3 Å². The van der Waals surface area contributed by atoms with Gasteiger partial charge in [0.2, 0.25) is 5.91 Å². The molecule has 1 saturated heterocycles. The van der Waals surface area contributed by atoms with Crippen LogP contribution in [-0.4, -0.2) is 37.1 Å². The number of amides is 1. The minimum absolute atomic E-state index is 0.00964. The van der Waals surface area contributed by atoms with Gasteiger partial charge in [-0.2, -0.15) is 0 Å². The van der Waals surface area contributed by atoms with Crippen molar-refractivity contribution in [3.8, 4) is 0 Å². The molecule has 1 fully saturated rings. The number of hydrogen-bond donors (Lipinski definition) is 0. The lowest BCUT2D eigenvalue weighted by atomic mass is 10.1. The van der Waals surface area contributed by atoms with Crippen molar-refractivity contribution in [2.75, 3.05) is 26.3 Å². The Morgan fingerprint density at radius 2 is 2.05 bits per heavy atom. The van der Waals surface area contributed by atoms with Crippen LogP contribution in [0.1, 0.15) is 17.5 Å². The van der Waals surface area contributed by atoms with Gasteiger partial charge < -0.3 is 9.64 Å². The predicted molar refractivity (Wildman–Crippen MR) is 70.1 cm³/mol. The van der Waals surface area contributed by atoms with Gasteiger partial charge in [0.25, 0.3) is 0 Å². The molecule has 0 spiro atoms. The Bertz CT molecular complexity index is 533. The Morgan fingerprint density at radius 1 is 1.26 bits per heavy atom. The molecule has 3 rings (SSSR count). The molecule has 3 nitrogen and oxygen atoms in total. The number of rotatable bonds is 1. The molecule has 1 aromatic carbocycles. The second-order valence-electron chi connectivity index (χ2n) is 4.91. The molecule has 4 heteroatoms. The number of nitrogens with zero attached hydrogens (tertiary/aromatic N) is 1. The fraction of sp³-hybridized carbons (Fsp3) is 0.400. The summed E-state index contributed by atoms with van der Waals surface area (Å²) in [6, 6.07) is 4.82. The molecule has 0 unspecified atom stereocenters. The Labute approximate surface area is 111 Å². The van der Waals surface area contributed by atoms with E-state index in [1.165, 1.54) is 12.1 Å². The first-order valence-electron chi connectivity index (χ1n) is 6.60. The third-order valence-electron chi connectivity index (χ3n) is 3.70. The molecule has 0 N–H and O–H groups in total.